The molecule has 0 amide bonds. The van der Waals surface area contributed by atoms with Crippen molar-refractivity contribution in [2.24, 2.45) is 0 Å². The van der Waals surface area contributed by atoms with Gasteiger partial charge in [-0.2, -0.15) is 0 Å². The van der Waals surface area contributed by atoms with Gasteiger partial charge in [-0.25, -0.2) is 8.42 Å². The minimum atomic E-state index is -2.86. The van der Waals surface area contributed by atoms with Crippen LogP contribution in [0.25, 0.3) is 0 Å². The van der Waals surface area contributed by atoms with Crippen molar-refractivity contribution in [3.05, 3.63) is 23.8 Å². The lowest BCUT2D eigenvalue weighted by atomic mass is 10.1. The number of hydrogen-bond donors (Lipinski definition) is 1. The summed E-state index contributed by atoms with van der Waals surface area (Å²) in [5.74, 6) is 1.40. The Balaban J connectivity index is 2.07. The number of nitrogens with one attached hydrogen (secondary N) is 1. The third-order valence-corrected chi connectivity index (χ3v) is 5.05. The second-order valence-electron chi connectivity index (χ2n) is 4.78. The average Bonchev–Trinajstić information content (AvgIpc) is 2.28. The van der Waals surface area contributed by atoms with Crippen LogP contribution in [-0.2, 0) is 9.84 Å². The Morgan fingerprint density at radius 1 is 1.39 bits per heavy atom. The van der Waals surface area contributed by atoms with Crippen molar-refractivity contribution < 1.29 is 13.2 Å². The molecule has 1 aliphatic heterocycles. The molecule has 4 nitrogen and oxygen atoms in total. The Morgan fingerprint density at radius 2 is 2.17 bits per heavy atom. The first kappa shape index (κ1) is 13.2. The maximum absolute atomic E-state index is 11.6. The van der Waals surface area contributed by atoms with Gasteiger partial charge < -0.3 is 10.1 Å². The summed E-state index contributed by atoms with van der Waals surface area (Å²) in [6.07, 6.45) is 1.65. The molecule has 0 aliphatic carbocycles. The Morgan fingerprint density at radius 3 is 2.78 bits per heavy atom. The van der Waals surface area contributed by atoms with Crippen molar-refractivity contribution in [3.63, 3.8) is 0 Å². The molecular formula is C13H19NO3S. The largest absolute Gasteiger partial charge is 0.496 e. The maximum Gasteiger partial charge on any atom is 0.152 e. The van der Waals surface area contributed by atoms with Crippen molar-refractivity contribution in [3.8, 4) is 5.75 Å². The van der Waals surface area contributed by atoms with Gasteiger partial charge in [0.25, 0.3) is 0 Å². The normalized spacial score (nSPS) is 22.4. The second kappa shape index (κ2) is 5.18. The lowest BCUT2D eigenvalue weighted by Gasteiger charge is -2.24. The third kappa shape index (κ3) is 3.16. The van der Waals surface area contributed by atoms with Crippen LogP contribution >= 0.6 is 0 Å². The highest BCUT2D eigenvalue weighted by Crippen LogP contribution is 2.23. The van der Waals surface area contributed by atoms with Crippen LogP contribution in [0.3, 0.4) is 0 Å². The molecule has 1 unspecified atom stereocenters. The van der Waals surface area contributed by atoms with E-state index >= 15 is 0 Å². The summed E-state index contributed by atoms with van der Waals surface area (Å²) in [4.78, 5) is 0. The van der Waals surface area contributed by atoms with Crippen molar-refractivity contribution in [1.82, 2.24) is 0 Å². The van der Waals surface area contributed by atoms with Crippen LogP contribution in [0.15, 0.2) is 18.2 Å². The predicted molar refractivity (Wildman–Crippen MR) is 73.0 cm³/mol. The van der Waals surface area contributed by atoms with E-state index in [1.807, 2.05) is 25.1 Å². The molecule has 0 bridgehead atoms. The number of rotatable bonds is 3. The third-order valence-electron chi connectivity index (χ3n) is 3.23. The van der Waals surface area contributed by atoms with Gasteiger partial charge in [0.15, 0.2) is 9.84 Å². The summed E-state index contributed by atoms with van der Waals surface area (Å²) in [7, 11) is -1.22. The summed E-state index contributed by atoms with van der Waals surface area (Å²) in [5, 5.41) is 3.29. The van der Waals surface area contributed by atoms with E-state index in [2.05, 4.69) is 5.32 Å². The minimum Gasteiger partial charge on any atom is -0.496 e. The van der Waals surface area contributed by atoms with Gasteiger partial charge in [0.05, 0.1) is 18.6 Å². The minimum absolute atomic E-state index is 0.0246. The van der Waals surface area contributed by atoms with Gasteiger partial charge in [-0.1, -0.05) is 0 Å². The number of methoxy groups -OCH3 is 1. The molecule has 1 N–H and O–H groups in total. The summed E-state index contributed by atoms with van der Waals surface area (Å²) >= 11 is 0. The van der Waals surface area contributed by atoms with E-state index in [0.29, 0.717) is 5.75 Å². The molecule has 1 aromatic rings. The van der Waals surface area contributed by atoms with E-state index in [9.17, 15) is 8.42 Å². The Labute approximate surface area is 108 Å². The highest BCUT2D eigenvalue weighted by Gasteiger charge is 2.24. The van der Waals surface area contributed by atoms with Crippen LogP contribution < -0.4 is 10.1 Å². The topological polar surface area (TPSA) is 55.4 Å². The number of benzene rings is 1. The fraction of sp³-hybridized carbons (Fsp3) is 0.538. The van der Waals surface area contributed by atoms with Crippen LogP contribution in [0.5, 0.6) is 5.75 Å². The molecule has 1 aromatic carbocycles. The van der Waals surface area contributed by atoms with Gasteiger partial charge in [0, 0.05) is 11.7 Å². The fourth-order valence-corrected chi connectivity index (χ4v) is 3.98. The van der Waals surface area contributed by atoms with Crippen molar-refractivity contribution in [2.45, 2.75) is 25.8 Å². The fourth-order valence-electron chi connectivity index (χ4n) is 2.34. The maximum atomic E-state index is 11.6. The van der Waals surface area contributed by atoms with Crippen LogP contribution in [0.1, 0.15) is 18.4 Å². The number of aryl methyl sites for hydroxylation is 1. The second-order valence-corrected chi connectivity index (χ2v) is 7.01. The predicted octanol–water partition coefficient (Wildman–Crippen LogP) is 1.99. The molecule has 0 aromatic heterocycles. The first-order valence-electron chi connectivity index (χ1n) is 6.12. The first-order valence-corrected chi connectivity index (χ1v) is 7.94. The van der Waals surface area contributed by atoms with Gasteiger partial charge >= 0.3 is 0 Å². The number of anilines is 1. The van der Waals surface area contributed by atoms with Crippen LogP contribution in [0.2, 0.25) is 0 Å². The Hall–Kier alpha value is -1.23. The van der Waals surface area contributed by atoms with Gasteiger partial charge in [-0.3, -0.25) is 0 Å². The van der Waals surface area contributed by atoms with E-state index in [-0.39, 0.29) is 11.8 Å². The highest BCUT2D eigenvalue weighted by atomic mass is 32.2. The quantitative estimate of drug-likeness (QED) is 0.911. The molecule has 1 aliphatic rings. The lowest BCUT2D eigenvalue weighted by molar-refractivity contribution is 0.412. The van der Waals surface area contributed by atoms with Crippen molar-refractivity contribution in [2.75, 3.05) is 23.9 Å². The zero-order valence-electron chi connectivity index (χ0n) is 10.8. The molecular weight excluding hydrogens is 250 g/mol. The molecule has 5 heteroatoms. The molecule has 1 atom stereocenters. The molecule has 0 radical (unpaired) electrons. The zero-order chi connectivity index (χ0) is 13.2. The molecule has 1 saturated heterocycles. The SMILES string of the molecule is COc1ccc(NC2CCCS(=O)(=O)C2)cc1C. The Bertz CT molecular complexity index is 525. The lowest BCUT2D eigenvalue weighted by Crippen LogP contribution is -2.34. The van der Waals surface area contributed by atoms with Gasteiger partial charge in [0.1, 0.15) is 5.75 Å². The molecule has 100 valence electrons. The summed E-state index contributed by atoms with van der Waals surface area (Å²) in [6, 6.07) is 5.83. The van der Waals surface area contributed by atoms with Gasteiger partial charge in [-0.15, -0.1) is 0 Å². The molecule has 0 spiro atoms. The summed E-state index contributed by atoms with van der Waals surface area (Å²) < 4.78 is 28.3. The number of hydrogen-bond acceptors (Lipinski definition) is 4. The van der Waals surface area contributed by atoms with Gasteiger partial charge in [0.2, 0.25) is 0 Å². The molecule has 2 rings (SSSR count). The standard InChI is InChI=1S/C13H19NO3S/c1-10-8-11(5-6-13(10)17-2)14-12-4-3-7-18(15,16)9-12/h5-6,8,12,14H,3-4,7,9H2,1-2H3. The highest BCUT2D eigenvalue weighted by molar-refractivity contribution is 7.91. The van der Waals surface area contributed by atoms with E-state index < -0.39 is 9.84 Å². The van der Waals surface area contributed by atoms with E-state index in [4.69, 9.17) is 4.74 Å². The number of sulfone groups is 1. The monoisotopic (exact) mass is 269 g/mol. The molecule has 1 fully saturated rings. The van der Waals surface area contributed by atoms with Crippen LogP contribution in [0.4, 0.5) is 5.69 Å². The van der Waals surface area contributed by atoms with E-state index in [1.165, 1.54) is 0 Å². The van der Waals surface area contributed by atoms with E-state index in [0.717, 1.165) is 29.8 Å². The average molecular weight is 269 g/mol. The summed E-state index contributed by atoms with van der Waals surface area (Å²) in [5.41, 5.74) is 2.00. The Kier molecular flexibility index (Phi) is 3.80. The van der Waals surface area contributed by atoms with Crippen LogP contribution in [0, 0.1) is 6.92 Å². The molecule has 18 heavy (non-hydrogen) atoms. The van der Waals surface area contributed by atoms with Gasteiger partial charge in [-0.05, 0) is 43.5 Å². The smallest absolute Gasteiger partial charge is 0.152 e. The van der Waals surface area contributed by atoms with Crippen molar-refractivity contribution in [1.29, 1.82) is 0 Å². The zero-order valence-corrected chi connectivity index (χ0v) is 11.6. The summed E-state index contributed by atoms with van der Waals surface area (Å²) in [6.45, 7) is 1.97. The van der Waals surface area contributed by atoms with Crippen LogP contribution in [-0.4, -0.2) is 33.1 Å². The van der Waals surface area contributed by atoms with E-state index in [1.54, 1.807) is 7.11 Å². The molecule has 0 saturated carbocycles. The first-order chi connectivity index (χ1) is 8.50. The van der Waals surface area contributed by atoms with Crippen molar-refractivity contribution >= 4 is 15.5 Å². The molecule has 1 heterocycles. The number of ether oxygens (including phenoxy) is 1.